The molecule has 0 saturated carbocycles. The molecule has 0 saturated heterocycles. The van der Waals surface area contributed by atoms with Gasteiger partial charge in [0.2, 0.25) is 0 Å². The molecule has 0 unspecified atom stereocenters. The zero-order chi connectivity index (χ0) is 13.5. The van der Waals surface area contributed by atoms with Crippen molar-refractivity contribution in [1.29, 1.82) is 0 Å². The number of benzene rings is 1. The van der Waals surface area contributed by atoms with Gasteiger partial charge in [0.15, 0.2) is 4.84 Å². The lowest BCUT2D eigenvalue weighted by molar-refractivity contribution is -0.119. The number of aromatic hydroxyl groups is 1. The van der Waals surface area contributed by atoms with Crippen molar-refractivity contribution in [3.63, 3.8) is 0 Å². The van der Waals surface area contributed by atoms with Gasteiger partial charge in [0, 0.05) is 18.7 Å². The van der Waals surface area contributed by atoms with Gasteiger partial charge in [0.1, 0.15) is 5.75 Å². The van der Waals surface area contributed by atoms with Crippen LogP contribution in [0.5, 0.6) is 5.75 Å². The van der Waals surface area contributed by atoms with Gasteiger partial charge in [-0.3, -0.25) is 9.59 Å². The van der Waals surface area contributed by atoms with E-state index < -0.39 is 10.7 Å². The van der Waals surface area contributed by atoms with Crippen LogP contribution in [0.25, 0.3) is 0 Å². The van der Waals surface area contributed by atoms with E-state index >= 15 is 0 Å². The fraction of sp³-hybridized carbons (Fsp3) is 0.273. The van der Waals surface area contributed by atoms with E-state index in [9.17, 15) is 14.7 Å². The Labute approximate surface area is 114 Å². The summed E-state index contributed by atoms with van der Waals surface area (Å²) in [4.78, 5) is 21.5. The number of halogens is 2. The third kappa shape index (κ3) is 4.81. The molecular formula is C11H12Cl2N2O3. The molecule has 0 atom stereocenters. The van der Waals surface area contributed by atoms with Gasteiger partial charge in [-0.1, -0.05) is 29.3 Å². The second kappa shape index (κ2) is 7.08. The Hall–Kier alpha value is -1.46. The third-order valence-electron chi connectivity index (χ3n) is 2.02. The van der Waals surface area contributed by atoms with E-state index in [0.717, 1.165) is 0 Å². The third-order valence-corrected chi connectivity index (χ3v) is 2.41. The second-order valence-corrected chi connectivity index (χ2v) is 4.49. The highest BCUT2D eigenvalue weighted by Gasteiger charge is 2.10. The molecule has 0 aliphatic heterocycles. The first-order valence-electron chi connectivity index (χ1n) is 5.14. The Morgan fingerprint density at radius 2 is 1.89 bits per heavy atom. The van der Waals surface area contributed by atoms with Crippen LogP contribution in [-0.4, -0.2) is 34.8 Å². The minimum Gasteiger partial charge on any atom is -0.508 e. The lowest BCUT2D eigenvalue weighted by Crippen LogP contribution is -2.36. The molecule has 0 spiro atoms. The van der Waals surface area contributed by atoms with Gasteiger partial charge in [-0.25, -0.2) is 0 Å². The fourth-order valence-corrected chi connectivity index (χ4v) is 1.34. The molecule has 1 rings (SSSR count). The molecule has 0 aliphatic rings. The Kier molecular flexibility index (Phi) is 5.74. The number of amides is 2. The minimum atomic E-state index is -1.12. The number of alkyl halides is 2. The number of nitrogens with one attached hydrogen (secondary N) is 2. The molecule has 0 aliphatic carbocycles. The van der Waals surface area contributed by atoms with Gasteiger partial charge < -0.3 is 15.7 Å². The number of carbonyl (C=O) groups is 2. The van der Waals surface area contributed by atoms with E-state index in [1.807, 2.05) is 0 Å². The molecule has 0 aromatic heterocycles. The van der Waals surface area contributed by atoms with Crippen LogP contribution < -0.4 is 10.6 Å². The van der Waals surface area contributed by atoms with E-state index in [0.29, 0.717) is 5.56 Å². The summed E-state index contributed by atoms with van der Waals surface area (Å²) in [6.45, 7) is 0.458. The van der Waals surface area contributed by atoms with Crippen LogP contribution in [0.15, 0.2) is 24.3 Å². The second-order valence-electron chi connectivity index (χ2n) is 3.40. The molecule has 1 aromatic rings. The lowest BCUT2D eigenvalue weighted by Gasteiger charge is -2.07. The number of carbonyl (C=O) groups excluding carboxylic acids is 2. The average molecular weight is 291 g/mol. The summed E-state index contributed by atoms with van der Waals surface area (Å²) in [6.07, 6.45) is 0. The molecule has 3 N–H and O–H groups in total. The standard InChI is InChI=1S/C11H12Cl2N2O3/c12-9(13)11(18)15-5-4-14-10(17)7-2-1-3-8(16)6-7/h1-3,6,9,16H,4-5H2,(H,14,17)(H,15,18). The van der Waals surface area contributed by atoms with Gasteiger partial charge in [-0.15, -0.1) is 0 Å². The van der Waals surface area contributed by atoms with Gasteiger partial charge in [0.25, 0.3) is 11.8 Å². The Balaban J connectivity index is 2.32. The SMILES string of the molecule is O=C(NCCNC(=O)C(Cl)Cl)c1cccc(O)c1. The first kappa shape index (κ1) is 14.6. The molecule has 7 heteroatoms. The molecule has 0 heterocycles. The number of hydrogen-bond donors (Lipinski definition) is 3. The average Bonchev–Trinajstić information content (AvgIpc) is 2.33. The Morgan fingerprint density at radius 3 is 2.50 bits per heavy atom. The summed E-state index contributed by atoms with van der Waals surface area (Å²) < 4.78 is 0. The van der Waals surface area contributed by atoms with Crippen molar-refractivity contribution in [2.45, 2.75) is 4.84 Å². The molecule has 0 bridgehead atoms. The van der Waals surface area contributed by atoms with Gasteiger partial charge in [-0.05, 0) is 18.2 Å². The number of rotatable bonds is 5. The maximum atomic E-state index is 11.6. The number of hydrogen-bond acceptors (Lipinski definition) is 3. The van der Waals surface area contributed by atoms with Crippen LogP contribution in [-0.2, 0) is 4.79 Å². The topological polar surface area (TPSA) is 78.4 Å². The van der Waals surface area contributed by atoms with Crippen molar-refractivity contribution in [1.82, 2.24) is 10.6 Å². The van der Waals surface area contributed by atoms with Crippen LogP contribution in [0.2, 0.25) is 0 Å². The number of phenols is 1. The maximum absolute atomic E-state index is 11.6. The monoisotopic (exact) mass is 290 g/mol. The Bertz CT molecular complexity index is 438. The van der Waals surface area contributed by atoms with Crippen molar-refractivity contribution in [3.05, 3.63) is 29.8 Å². The summed E-state index contributed by atoms with van der Waals surface area (Å²) in [5, 5.41) is 14.2. The van der Waals surface area contributed by atoms with E-state index in [4.69, 9.17) is 23.2 Å². The molecule has 0 radical (unpaired) electrons. The normalized spacial score (nSPS) is 10.2. The number of phenolic OH excluding ortho intramolecular Hbond substituents is 1. The van der Waals surface area contributed by atoms with Crippen molar-refractivity contribution < 1.29 is 14.7 Å². The molecule has 1 aromatic carbocycles. The Morgan fingerprint density at radius 1 is 1.22 bits per heavy atom. The van der Waals surface area contributed by atoms with Gasteiger partial charge in [-0.2, -0.15) is 0 Å². The maximum Gasteiger partial charge on any atom is 0.253 e. The highest BCUT2D eigenvalue weighted by Crippen LogP contribution is 2.10. The quantitative estimate of drug-likeness (QED) is 0.560. The summed E-state index contributed by atoms with van der Waals surface area (Å²) in [5.41, 5.74) is 0.342. The van der Waals surface area contributed by atoms with Crippen molar-refractivity contribution >= 4 is 35.0 Å². The summed E-state index contributed by atoms with van der Waals surface area (Å²) >= 11 is 10.6. The van der Waals surface area contributed by atoms with Crippen molar-refractivity contribution in [2.24, 2.45) is 0 Å². The van der Waals surface area contributed by atoms with E-state index in [1.54, 1.807) is 12.1 Å². The van der Waals surface area contributed by atoms with Crippen molar-refractivity contribution in [3.8, 4) is 5.75 Å². The van der Waals surface area contributed by atoms with E-state index in [2.05, 4.69) is 10.6 Å². The van der Waals surface area contributed by atoms with Gasteiger partial charge >= 0.3 is 0 Å². The van der Waals surface area contributed by atoms with Crippen molar-refractivity contribution in [2.75, 3.05) is 13.1 Å². The zero-order valence-corrected chi connectivity index (χ0v) is 10.8. The molecule has 98 valence electrons. The van der Waals surface area contributed by atoms with Crippen LogP contribution >= 0.6 is 23.2 Å². The predicted octanol–water partition coefficient (Wildman–Crippen LogP) is 1.04. The molecule has 18 heavy (non-hydrogen) atoms. The van der Waals surface area contributed by atoms with E-state index in [1.165, 1.54) is 12.1 Å². The zero-order valence-electron chi connectivity index (χ0n) is 9.32. The van der Waals surface area contributed by atoms with Gasteiger partial charge in [0.05, 0.1) is 0 Å². The summed E-state index contributed by atoms with van der Waals surface area (Å²) in [7, 11) is 0. The van der Waals surface area contributed by atoms with Crippen LogP contribution in [0.4, 0.5) is 0 Å². The molecular weight excluding hydrogens is 279 g/mol. The lowest BCUT2D eigenvalue weighted by atomic mass is 10.2. The summed E-state index contributed by atoms with van der Waals surface area (Å²) in [6, 6.07) is 5.96. The van der Waals surface area contributed by atoms with Crippen LogP contribution in [0.3, 0.4) is 0 Å². The van der Waals surface area contributed by atoms with E-state index in [-0.39, 0.29) is 24.7 Å². The molecule has 2 amide bonds. The first-order chi connectivity index (χ1) is 8.50. The largest absolute Gasteiger partial charge is 0.508 e. The first-order valence-corrected chi connectivity index (χ1v) is 6.01. The predicted molar refractivity (Wildman–Crippen MR) is 68.9 cm³/mol. The van der Waals surface area contributed by atoms with Crippen LogP contribution in [0, 0.1) is 0 Å². The van der Waals surface area contributed by atoms with Crippen LogP contribution in [0.1, 0.15) is 10.4 Å². The highest BCUT2D eigenvalue weighted by atomic mass is 35.5. The molecule has 5 nitrogen and oxygen atoms in total. The smallest absolute Gasteiger partial charge is 0.253 e. The summed E-state index contributed by atoms with van der Waals surface area (Å²) in [5.74, 6) is -0.832. The highest BCUT2D eigenvalue weighted by molar-refractivity contribution is 6.53. The fourth-order valence-electron chi connectivity index (χ4n) is 1.19. The minimum absolute atomic E-state index is 0.0167. The molecule has 0 fully saturated rings.